The van der Waals surface area contributed by atoms with Crippen LogP contribution in [0, 0.1) is 5.41 Å². The van der Waals surface area contributed by atoms with Crippen molar-refractivity contribution in [1.82, 2.24) is 14.9 Å². The predicted molar refractivity (Wildman–Crippen MR) is 137 cm³/mol. The molecule has 0 atom stereocenters. The van der Waals surface area contributed by atoms with Crippen molar-refractivity contribution in [2.75, 3.05) is 59.1 Å². The van der Waals surface area contributed by atoms with Gasteiger partial charge in [0.2, 0.25) is 5.88 Å². The zero-order chi connectivity index (χ0) is 25.1. The Bertz CT molecular complexity index is 1300. The zero-order valence-corrected chi connectivity index (χ0v) is 21.2. The molecule has 2 amide bonds. The van der Waals surface area contributed by atoms with Crippen molar-refractivity contribution in [2.24, 2.45) is 5.41 Å². The Morgan fingerprint density at radius 1 is 1.25 bits per heavy atom. The molecule has 0 aliphatic carbocycles. The number of benzene rings is 1. The van der Waals surface area contributed by atoms with Gasteiger partial charge in [-0.3, -0.25) is 15.1 Å². The van der Waals surface area contributed by atoms with Crippen molar-refractivity contribution in [3.8, 4) is 22.8 Å². The van der Waals surface area contributed by atoms with Gasteiger partial charge in [-0.25, -0.2) is 9.78 Å². The number of likely N-dealkylation sites (tertiary alicyclic amines) is 1. The number of hydrogen-bond acceptors (Lipinski definition) is 8. The SMILES string of the molecule is COCCOc1cccc(-c2c(=O)[nH]c(OC)c3nc(NC(=O)N4CCC5(CCOCC5)C4)sc23)c1. The van der Waals surface area contributed by atoms with Crippen LogP contribution in [0.15, 0.2) is 29.1 Å². The second-order valence-electron chi connectivity index (χ2n) is 9.14. The molecule has 0 unspecified atom stereocenters. The average Bonchev–Trinajstić information content (AvgIpc) is 3.48. The van der Waals surface area contributed by atoms with Crippen LogP contribution in [0.1, 0.15) is 19.3 Å². The van der Waals surface area contributed by atoms with E-state index >= 15 is 0 Å². The van der Waals surface area contributed by atoms with Crippen molar-refractivity contribution in [3.05, 3.63) is 34.6 Å². The molecule has 2 fully saturated rings. The number of ether oxygens (including phenoxy) is 4. The molecule has 36 heavy (non-hydrogen) atoms. The molecule has 2 aromatic heterocycles. The van der Waals surface area contributed by atoms with Crippen LogP contribution in [-0.2, 0) is 9.47 Å². The van der Waals surface area contributed by atoms with Gasteiger partial charge in [0.1, 0.15) is 17.9 Å². The number of rotatable bonds is 7. The van der Waals surface area contributed by atoms with Crippen molar-refractivity contribution >= 4 is 32.7 Å². The lowest BCUT2D eigenvalue weighted by Gasteiger charge is -2.33. The molecular formula is C25H30N4O6S. The summed E-state index contributed by atoms with van der Waals surface area (Å²) in [4.78, 5) is 35.4. The number of nitrogens with zero attached hydrogens (tertiary/aromatic N) is 2. The highest BCUT2D eigenvalue weighted by molar-refractivity contribution is 7.23. The molecule has 1 spiro atoms. The number of aromatic nitrogens is 2. The van der Waals surface area contributed by atoms with Crippen LogP contribution in [0.25, 0.3) is 21.3 Å². The maximum absolute atomic E-state index is 13.1. The molecule has 10 nitrogen and oxygen atoms in total. The third kappa shape index (κ3) is 4.91. The standard InChI is InChI=1S/C25H30N4O6S/c1-32-12-13-35-17-5-3-4-16(14-17)18-20-19(22(33-2)27-21(18)30)26-23(36-20)28-24(31)29-9-6-25(15-29)7-10-34-11-8-25/h3-5,14H,6-13,15H2,1-2H3,(H,27,30)(H,26,28,31). The first-order valence-corrected chi connectivity index (χ1v) is 12.8. The lowest BCUT2D eigenvalue weighted by Crippen LogP contribution is -2.37. The maximum atomic E-state index is 13.1. The fourth-order valence-electron chi connectivity index (χ4n) is 4.91. The minimum Gasteiger partial charge on any atom is -0.491 e. The molecule has 0 saturated carbocycles. The fourth-order valence-corrected chi connectivity index (χ4v) is 5.93. The number of aromatic amines is 1. The smallest absolute Gasteiger partial charge is 0.323 e. The monoisotopic (exact) mass is 514 g/mol. The quantitative estimate of drug-likeness (QED) is 0.462. The predicted octanol–water partition coefficient (Wildman–Crippen LogP) is 3.72. The lowest BCUT2D eigenvalue weighted by atomic mass is 9.80. The number of H-pyrrole nitrogens is 1. The van der Waals surface area contributed by atoms with Crippen LogP contribution >= 0.6 is 11.3 Å². The second kappa shape index (κ2) is 10.5. The van der Waals surface area contributed by atoms with Crippen LogP contribution in [-0.4, -0.2) is 74.6 Å². The molecular weight excluding hydrogens is 484 g/mol. The number of nitrogens with one attached hydrogen (secondary N) is 2. The third-order valence-corrected chi connectivity index (χ3v) is 7.89. The van der Waals surface area contributed by atoms with Gasteiger partial charge in [-0.15, -0.1) is 0 Å². The molecule has 2 aliphatic heterocycles. The highest BCUT2D eigenvalue weighted by atomic mass is 32.1. The minimum atomic E-state index is -0.309. The van der Waals surface area contributed by atoms with Crippen LogP contribution in [0.2, 0.25) is 0 Å². The number of amides is 2. The number of hydrogen-bond donors (Lipinski definition) is 2. The zero-order valence-electron chi connectivity index (χ0n) is 20.4. The number of anilines is 1. The van der Waals surface area contributed by atoms with Gasteiger partial charge in [0.15, 0.2) is 5.13 Å². The van der Waals surface area contributed by atoms with Crippen LogP contribution in [0.4, 0.5) is 9.93 Å². The number of fused-ring (bicyclic) bond motifs is 1. The van der Waals surface area contributed by atoms with E-state index in [0.717, 1.165) is 39.0 Å². The average molecular weight is 515 g/mol. The van der Waals surface area contributed by atoms with E-state index in [1.807, 2.05) is 29.2 Å². The van der Waals surface area contributed by atoms with Gasteiger partial charge in [-0.1, -0.05) is 23.5 Å². The van der Waals surface area contributed by atoms with Gasteiger partial charge in [-0.05, 0) is 42.4 Å². The molecule has 192 valence electrons. The van der Waals surface area contributed by atoms with Crippen molar-refractivity contribution in [3.63, 3.8) is 0 Å². The van der Waals surface area contributed by atoms with Gasteiger partial charge in [0.25, 0.3) is 5.56 Å². The summed E-state index contributed by atoms with van der Waals surface area (Å²) in [5.74, 6) is 0.882. The molecule has 3 aromatic rings. The van der Waals surface area contributed by atoms with Gasteiger partial charge in [0.05, 0.1) is 24.0 Å². The largest absolute Gasteiger partial charge is 0.491 e. The first kappa shape index (κ1) is 24.5. The number of carbonyl (C=O) groups is 1. The summed E-state index contributed by atoms with van der Waals surface area (Å²) in [6.07, 6.45) is 2.95. The number of pyridine rings is 1. The van der Waals surface area contributed by atoms with Crippen LogP contribution in [0.3, 0.4) is 0 Å². The molecule has 5 rings (SSSR count). The van der Waals surface area contributed by atoms with E-state index in [4.69, 9.17) is 18.9 Å². The summed E-state index contributed by atoms with van der Waals surface area (Å²) in [6.45, 7) is 3.79. The Balaban J connectivity index is 1.42. The summed E-state index contributed by atoms with van der Waals surface area (Å²) in [5.41, 5.74) is 1.46. The number of methoxy groups -OCH3 is 2. The molecule has 4 heterocycles. The summed E-state index contributed by atoms with van der Waals surface area (Å²) < 4.78 is 22.3. The third-order valence-electron chi connectivity index (χ3n) is 6.90. The maximum Gasteiger partial charge on any atom is 0.323 e. The normalized spacial score (nSPS) is 17.0. The van der Waals surface area contributed by atoms with E-state index in [9.17, 15) is 9.59 Å². The van der Waals surface area contributed by atoms with E-state index in [1.54, 1.807) is 7.11 Å². The first-order chi connectivity index (χ1) is 17.5. The fraction of sp³-hybridized carbons (Fsp3) is 0.480. The minimum absolute atomic E-state index is 0.155. The van der Waals surface area contributed by atoms with Crippen LogP contribution < -0.4 is 20.3 Å². The van der Waals surface area contributed by atoms with E-state index < -0.39 is 0 Å². The summed E-state index contributed by atoms with van der Waals surface area (Å²) in [7, 11) is 3.09. The molecule has 1 aromatic carbocycles. The van der Waals surface area contributed by atoms with Gasteiger partial charge in [-0.2, -0.15) is 0 Å². The molecule has 0 bridgehead atoms. The van der Waals surface area contributed by atoms with Gasteiger partial charge in [0, 0.05) is 33.4 Å². The lowest BCUT2D eigenvalue weighted by molar-refractivity contribution is 0.0211. The van der Waals surface area contributed by atoms with E-state index in [2.05, 4.69) is 15.3 Å². The Kier molecular flexibility index (Phi) is 7.13. The van der Waals surface area contributed by atoms with E-state index in [0.29, 0.717) is 52.0 Å². The molecule has 2 aliphatic rings. The van der Waals surface area contributed by atoms with Gasteiger partial charge < -0.3 is 23.8 Å². The van der Waals surface area contributed by atoms with Crippen molar-refractivity contribution < 1.29 is 23.7 Å². The molecule has 2 N–H and O–H groups in total. The highest BCUT2D eigenvalue weighted by Gasteiger charge is 2.41. The molecule has 0 radical (unpaired) electrons. The Labute approximate surface area is 212 Å². The first-order valence-electron chi connectivity index (χ1n) is 12.0. The number of thiazole rings is 1. The molecule has 11 heteroatoms. The number of urea groups is 1. The summed E-state index contributed by atoms with van der Waals surface area (Å²) >= 11 is 1.25. The van der Waals surface area contributed by atoms with E-state index in [-0.39, 0.29) is 22.9 Å². The van der Waals surface area contributed by atoms with E-state index in [1.165, 1.54) is 18.4 Å². The van der Waals surface area contributed by atoms with Crippen LogP contribution in [0.5, 0.6) is 11.6 Å². The Morgan fingerprint density at radius 2 is 2.08 bits per heavy atom. The Morgan fingerprint density at radius 3 is 2.86 bits per heavy atom. The summed E-state index contributed by atoms with van der Waals surface area (Å²) in [5, 5.41) is 3.35. The summed E-state index contributed by atoms with van der Waals surface area (Å²) in [6, 6.07) is 7.12. The second-order valence-corrected chi connectivity index (χ2v) is 10.1. The molecule has 2 saturated heterocycles. The van der Waals surface area contributed by atoms with Crippen molar-refractivity contribution in [1.29, 1.82) is 0 Å². The van der Waals surface area contributed by atoms with Crippen molar-refractivity contribution in [2.45, 2.75) is 19.3 Å². The topological polar surface area (TPSA) is 115 Å². The highest BCUT2D eigenvalue weighted by Crippen LogP contribution is 2.41. The van der Waals surface area contributed by atoms with Gasteiger partial charge >= 0.3 is 6.03 Å². The number of carbonyl (C=O) groups excluding carboxylic acids is 1. The Hall–Kier alpha value is -3.15.